The Kier molecular flexibility index (Phi) is 5.52. The number of amides is 1. The van der Waals surface area contributed by atoms with Crippen LogP contribution >= 0.6 is 0 Å². The van der Waals surface area contributed by atoms with Gasteiger partial charge in [0.2, 0.25) is 0 Å². The van der Waals surface area contributed by atoms with E-state index in [1.807, 2.05) is 0 Å². The molecule has 0 radical (unpaired) electrons. The third-order valence-electron chi connectivity index (χ3n) is 4.56. The standard InChI is InChI=1S/C17H24N2O3/c1-11-7-6-9-14(12(11)2)19-16(20)13(3)22-17(21)15-8-4-5-10-18-15/h4-5,8,10-14H,6-7,9H2,1-3H3,(H,19,20)/t11-,12+,13+,14-/m0/s1. The maximum atomic E-state index is 12.2. The highest BCUT2D eigenvalue weighted by atomic mass is 16.5. The quantitative estimate of drug-likeness (QED) is 0.868. The summed E-state index contributed by atoms with van der Waals surface area (Å²) in [5.74, 6) is 0.227. The molecule has 0 spiro atoms. The Morgan fingerprint density at radius 3 is 2.77 bits per heavy atom. The summed E-state index contributed by atoms with van der Waals surface area (Å²) in [5, 5.41) is 3.02. The van der Waals surface area contributed by atoms with Gasteiger partial charge >= 0.3 is 5.97 Å². The lowest BCUT2D eigenvalue weighted by Gasteiger charge is -2.35. The predicted molar refractivity (Wildman–Crippen MR) is 83.2 cm³/mol. The molecule has 1 aliphatic rings. The van der Waals surface area contributed by atoms with E-state index in [2.05, 4.69) is 24.1 Å². The summed E-state index contributed by atoms with van der Waals surface area (Å²) in [6.07, 6.45) is 4.01. The number of hydrogen-bond donors (Lipinski definition) is 1. The summed E-state index contributed by atoms with van der Waals surface area (Å²) in [7, 11) is 0. The molecule has 0 unspecified atom stereocenters. The Bertz CT molecular complexity index is 518. The number of aromatic nitrogens is 1. The first-order chi connectivity index (χ1) is 10.5. The lowest BCUT2D eigenvalue weighted by Crippen LogP contribution is -2.47. The van der Waals surface area contributed by atoms with Crippen LogP contribution in [0.2, 0.25) is 0 Å². The highest BCUT2D eigenvalue weighted by Crippen LogP contribution is 2.29. The molecule has 22 heavy (non-hydrogen) atoms. The molecule has 0 aromatic carbocycles. The minimum absolute atomic E-state index is 0.159. The summed E-state index contributed by atoms with van der Waals surface area (Å²) < 4.78 is 5.19. The van der Waals surface area contributed by atoms with E-state index in [4.69, 9.17) is 4.74 Å². The van der Waals surface area contributed by atoms with E-state index in [0.717, 1.165) is 12.8 Å². The van der Waals surface area contributed by atoms with Crippen LogP contribution in [0.3, 0.4) is 0 Å². The van der Waals surface area contributed by atoms with Crippen molar-refractivity contribution in [3.05, 3.63) is 30.1 Å². The number of ether oxygens (including phenoxy) is 1. The van der Waals surface area contributed by atoms with Crippen molar-refractivity contribution in [2.75, 3.05) is 0 Å². The second-order valence-corrected chi connectivity index (χ2v) is 6.14. The van der Waals surface area contributed by atoms with Gasteiger partial charge in [-0.15, -0.1) is 0 Å². The summed E-state index contributed by atoms with van der Waals surface area (Å²) in [5.41, 5.74) is 0.210. The molecular formula is C17H24N2O3. The molecule has 0 bridgehead atoms. The Morgan fingerprint density at radius 2 is 2.09 bits per heavy atom. The zero-order chi connectivity index (χ0) is 16.1. The SMILES string of the molecule is C[C@H]1[C@@H](NC(=O)[C@@H](C)OC(=O)c2ccccn2)CCC[C@@H]1C. The second kappa shape index (κ2) is 7.38. The Labute approximate surface area is 131 Å². The van der Waals surface area contributed by atoms with Gasteiger partial charge in [-0.3, -0.25) is 4.79 Å². The third kappa shape index (κ3) is 4.06. The van der Waals surface area contributed by atoms with Gasteiger partial charge in [0.25, 0.3) is 5.91 Å². The highest BCUT2D eigenvalue weighted by molar-refractivity contribution is 5.90. The molecule has 5 heteroatoms. The molecule has 1 heterocycles. The number of esters is 1. The number of nitrogens with zero attached hydrogens (tertiary/aromatic N) is 1. The van der Waals surface area contributed by atoms with Gasteiger partial charge in [0, 0.05) is 12.2 Å². The van der Waals surface area contributed by atoms with Crippen LogP contribution < -0.4 is 5.32 Å². The first-order valence-electron chi connectivity index (χ1n) is 7.91. The monoisotopic (exact) mass is 304 g/mol. The smallest absolute Gasteiger partial charge is 0.357 e. The largest absolute Gasteiger partial charge is 0.448 e. The maximum Gasteiger partial charge on any atom is 0.357 e. The van der Waals surface area contributed by atoms with Gasteiger partial charge in [0.1, 0.15) is 5.69 Å². The summed E-state index contributed by atoms with van der Waals surface area (Å²) in [6, 6.07) is 5.16. The third-order valence-corrected chi connectivity index (χ3v) is 4.56. The molecule has 4 atom stereocenters. The molecular weight excluding hydrogens is 280 g/mol. The van der Waals surface area contributed by atoms with Crippen molar-refractivity contribution in [1.82, 2.24) is 10.3 Å². The number of nitrogens with one attached hydrogen (secondary N) is 1. The Morgan fingerprint density at radius 1 is 1.32 bits per heavy atom. The topological polar surface area (TPSA) is 68.3 Å². The fourth-order valence-corrected chi connectivity index (χ4v) is 2.84. The van der Waals surface area contributed by atoms with Crippen LogP contribution in [-0.2, 0) is 9.53 Å². The van der Waals surface area contributed by atoms with E-state index in [9.17, 15) is 9.59 Å². The van der Waals surface area contributed by atoms with E-state index in [1.54, 1.807) is 25.1 Å². The highest BCUT2D eigenvalue weighted by Gasteiger charge is 2.30. The molecule has 1 fully saturated rings. The van der Waals surface area contributed by atoms with E-state index in [-0.39, 0.29) is 17.6 Å². The lowest BCUT2D eigenvalue weighted by molar-refractivity contribution is -0.130. The summed E-state index contributed by atoms with van der Waals surface area (Å²) in [4.78, 5) is 28.0. The van der Waals surface area contributed by atoms with Crippen molar-refractivity contribution in [3.63, 3.8) is 0 Å². The van der Waals surface area contributed by atoms with E-state index >= 15 is 0 Å². The van der Waals surface area contributed by atoms with Gasteiger partial charge in [-0.05, 0) is 37.3 Å². The number of carbonyl (C=O) groups is 2. The van der Waals surface area contributed by atoms with Crippen LogP contribution in [0.5, 0.6) is 0 Å². The fraction of sp³-hybridized carbons (Fsp3) is 0.588. The normalized spacial score (nSPS) is 26.0. The van der Waals surface area contributed by atoms with E-state index in [1.165, 1.54) is 12.6 Å². The molecule has 1 aromatic rings. The van der Waals surface area contributed by atoms with Crippen LogP contribution in [0.15, 0.2) is 24.4 Å². The number of hydrogen-bond acceptors (Lipinski definition) is 4. The molecule has 1 saturated carbocycles. The van der Waals surface area contributed by atoms with Gasteiger partial charge in [0.15, 0.2) is 6.10 Å². The molecule has 1 amide bonds. The summed E-state index contributed by atoms with van der Waals surface area (Å²) >= 11 is 0. The molecule has 120 valence electrons. The van der Waals surface area contributed by atoms with Gasteiger partial charge in [-0.1, -0.05) is 32.8 Å². The zero-order valence-electron chi connectivity index (χ0n) is 13.4. The molecule has 1 aliphatic carbocycles. The van der Waals surface area contributed by atoms with E-state index in [0.29, 0.717) is 11.8 Å². The second-order valence-electron chi connectivity index (χ2n) is 6.14. The minimum Gasteiger partial charge on any atom is -0.448 e. The number of pyridine rings is 1. The Balaban J connectivity index is 1.88. The van der Waals surface area contributed by atoms with Gasteiger partial charge in [-0.2, -0.15) is 0 Å². The van der Waals surface area contributed by atoms with Crippen molar-refractivity contribution in [1.29, 1.82) is 0 Å². The van der Waals surface area contributed by atoms with Crippen LogP contribution in [-0.4, -0.2) is 29.0 Å². The van der Waals surface area contributed by atoms with Crippen molar-refractivity contribution >= 4 is 11.9 Å². The maximum absolute atomic E-state index is 12.2. The van der Waals surface area contributed by atoms with Gasteiger partial charge in [0.05, 0.1) is 0 Å². The van der Waals surface area contributed by atoms with Crippen LogP contribution in [0.1, 0.15) is 50.5 Å². The number of carbonyl (C=O) groups excluding carboxylic acids is 2. The van der Waals surface area contributed by atoms with Crippen molar-refractivity contribution in [2.45, 2.75) is 52.2 Å². The van der Waals surface area contributed by atoms with Gasteiger partial charge in [-0.25, -0.2) is 9.78 Å². The average molecular weight is 304 g/mol. The molecule has 5 nitrogen and oxygen atoms in total. The van der Waals surface area contributed by atoms with Crippen molar-refractivity contribution in [3.8, 4) is 0 Å². The average Bonchev–Trinajstić information content (AvgIpc) is 2.52. The first-order valence-corrected chi connectivity index (χ1v) is 7.91. The predicted octanol–water partition coefficient (Wildman–Crippen LogP) is 2.57. The molecule has 0 saturated heterocycles. The zero-order valence-corrected chi connectivity index (χ0v) is 13.4. The molecule has 0 aliphatic heterocycles. The van der Waals surface area contributed by atoms with Crippen LogP contribution in [0.4, 0.5) is 0 Å². The van der Waals surface area contributed by atoms with Crippen LogP contribution in [0.25, 0.3) is 0 Å². The summed E-state index contributed by atoms with van der Waals surface area (Å²) in [6.45, 7) is 5.97. The van der Waals surface area contributed by atoms with Gasteiger partial charge < -0.3 is 10.1 Å². The van der Waals surface area contributed by atoms with Crippen LogP contribution in [0, 0.1) is 11.8 Å². The van der Waals surface area contributed by atoms with Crippen molar-refractivity contribution in [2.24, 2.45) is 11.8 Å². The Hall–Kier alpha value is -1.91. The number of rotatable bonds is 4. The lowest BCUT2D eigenvalue weighted by atomic mass is 9.78. The van der Waals surface area contributed by atoms with Crippen molar-refractivity contribution < 1.29 is 14.3 Å². The molecule has 1 aromatic heterocycles. The molecule has 2 rings (SSSR count). The molecule has 1 N–H and O–H groups in total. The van der Waals surface area contributed by atoms with E-state index < -0.39 is 12.1 Å². The first kappa shape index (κ1) is 16.5. The minimum atomic E-state index is -0.820. The fourth-order valence-electron chi connectivity index (χ4n) is 2.84.